The van der Waals surface area contributed by atoms with Crippen molar-refractivity contribution in [3.05, 3.63) is 71.8 Å². The number of ether oxygens (including phenoxy) is 1. The van der Waals surface area contributed by atoms with E-state index in [0.29, 0.717) is 23.3 Å². The van der Waals surface area contributed by atoms with Crippen LogP contribution in [0, 0.1) is 0 Å². The molecule has 0 bridgehead atoms. The topological polar surface area (TPSA) is 72.5 Å². The largest absolute Gasteiger partial charge is 0.456 e. The average Bonchev–Trinajstić information content (AvgIpc) is 2.70. The van der Waals surface area contributed by atoms with Crippen molar-refractivity contribution >= 4 is 29.4 Å². The van der Waals surface area contributed by atoms with E-state index in [1.165, 1.54) is 0 Å². The minimum absolute atomic E-state index is 0.281. The van der Waals surface area contributed by atoms with Crippen LogP contribution < -0.4 is 5.32 Å². The van der Waals surface area contributed by atoms with Gasteiger partial charge in [0, 0.05) is 11.1 Å². The van der Waals surface area contributed by atoms with Crippen LogP contribution in [-0.4, -0.2) is 42.3 Å². The van der Waals surface area contributed by atoms with E-state index in [4.69, 9.17) is 4.74 Å². The first-order valence-corrected chi connectivity index (χ1v) is 9.61. The van der Waals surface area contributed by atoms with Gasteiger partial charge >= 0.3 is 5.97 Å². The van der Waals surface area contributed by atoms with Crippen LogP contribution in [0.3, 0.4) is 0 Å². The Labute approximate surface area is 157 Å². The highest BCUT2D eigenvalue weighted by atomic mass is 32.2. The third kappa shape index (κ3) is 6.04. The lowest BCUT2D eigenvalue weighted by atomic mass is 10.1. The Morgan fingerprint density at radius 2 is 1.54 bits per heavy atom. The van der Waals surface area contributed by atoms with Crippen molar-refractivity contribution in [3.8, 4) is 0 Å². The number of amides is 1. The van der Waals surface area contributed by atoms with Crippen molar-refractivity contribution in [2.24, 2.45) is 0 Å². The van der Waals surface area contributed by atoms with Gasteiger partial charge in [0.2, 0.25) is 0 Å². The van der Waals surface area contributed by atoms with E-state index in [2.05, 4.69) is 5.32 Å². The second kappa shape index (κ2) is 10.4. The Morgan fingerprint density at radius 3 is 2.12 bits per heavy atom. The molecular formula is C20H21NO4S. The Morgan fingerprint density at radius 1 is 0.962 bits per heavy atom. The lowest BCUT2D eigenvalue weighted by Gasteiger charge is -2.17. The van der Waals surface area contributed by atoms with Crippen LogP contribution in [0.25, 0.3) is 0 Å². The van der Waals surface area contributed by atoms with E-state index in [-0.39, 0.29) is 18.3 Å². The monoisotopic (exact) mass is 371 g/mol. The normalized spacial score (nSPS) is 11.4. The summed E-state index contributed by atoms with van der Waals surface area (Å²) in [5.74, 6) is -0.547. The van der Waals surface area contributed by atoms with Gasteiger partial charge in [-0.3, -0.25) is 9.59 Å². The zero-order chi connectivity index (χ0) is 18.8. The molecule has 26 heavy (non-hydrogen) atoms. The summed E-state index contributed by atoms with van der Waals surface area (Å²) in [4.78, 5) is 36.7. The van der Waals surface area contributed by atoms with E-state index in [0.717, 1.165) is 0 Å². The predicted octanol–water partition coefficient (Wildman–Crippen LogP) is 2.96. The van der Waals surface area contributed by atoms with Crippen LogP contribution in [-0.2, 0) is 9.53 Å². The molecule has 0 saturated carbocycles. The first-order valence-electron chi connectivity index (χ1n) is 8.21. The Hall–Kier alpha value is -2.60. The van der Waals surface area contributed by atoms with Crippen LogP contribution >= 0.6 is 11.8 Å². The second-order valence-corrected chi connectivity index (χ2v) is 6.56. The SMILES string of the molecule is CSCC[C@@H](NC(=O)c1ccccc1)C(=O)OCC(=O)c1ccccc1. The average molecular weight is 371 g/mol. The molecule has 2 rings (SSSR count). The molecule has 0 saturated heterocycles. The lowest BCUT2D eigenvalue weighted by molar-refractivity contribution is -0.144. The summed E-state index contributed by atoms with van der Waals surface area (Å²) in [5, 5.41) is 2.69. The predicted molar refractivity (Wildman–Crippen MR) is 102 cm³/mol. The fourth-order valence-corrected chi connectivity index (χ4v) is 2.73. The molecule has 0 aliphatic heterocycles. The molecule has 2 aromatic rings. The van der Waals surface area contributed by atoms with Crippen LogP contribution in [0.1, 0.15) is 27.1 Å². The van der Waals surface area contributed by atoms with E-state index < -0.39 is 12.0 Å². The van der Waals surface area contributed by atoms with Crippen molar-refractivity contribution in [2.75, 3.05) is 18.6 Å². The number of ketones is 1. The number of thioether (sulfide) groups is 1. The van der Waals surface area contributed by atoms with E-state index in [1.807, 2.05) is 12.3 Å². The van der Waals surface area contributed by atoms with Gasteiger partial charge in [0.15, 0.2) is 12.4 Å². The first kappa shape index (κ1) is 19.7. The van der Waals surface area contributed by atoms with Gasteiger partial charge in [0.05, 0.1) is 0 Å². The number of hydrogen-bond donors (Lipinski definition) is 1. The molecule has 6 heteroatoms. The maximum Gasteiger partial charge on any atom is 0.329 e. The number of rotatable bonds is 9. The number of carbonyl (C=O) groups excluding carboxylic acids is 3. The Kier molecular flexibility index (Phi) is 7.89. The van der Waals surface area contributed by atoms with Crippen molar-refractivity contribution in [1.82, 2.24) is 5.32 Å². The molecule has 5 nitrogen and oxygen atoms in total. The molecule has 1 amide bonds. The highest BCUT2D eigenvalue weighted by Crippen LogP contribution is 2.07. The molecule has 0 aliphatic carbocycles. The molecule has 0 unspecified atom stereocenters. The summed E-state index contributed by atoms with van der Waals surface area (Å²) in [6, 6.07) is 16.5. The third-order valence-corrected chi connectivity index (χ3v) is 4.32. The lowest BCUT2D eigenvalue weighted by Crippen LogP contribution is -2.42. The van der Waals surface area contributed by atoms with Gasteiger partial charge in [0.1, 0.15) is 6.04 Å². The van der Waals surface area contributed by atoms with Gasteiger partial charge < -0.3 is 10.1 Å². The summed E-state index contributed by atoms with van der Waals surface area (Å²) in [7, 11) is 0. The van der Waals surface area contributed by atoms with Crippen molar-refractivity contribution in [3.63, 3.8) is 0 Å². The number of nitrogens with one attached hydrogen (secondary N) is 1. The van der Waals surface area contributed by atoms with Gasteiger partial charge in [-0.1, -0.05) is 48.5 Å². The highest BCUT2D eigenvalue weighted by Gasteiger charge is 2.23. The summed E-state index contributed by atoms with van der Waals surface area (Å²) in [6.07, 6.45) is 2.35. The number of benzene rings is 2. The Bertz CT molecular complexity index is 734. The Balaban J connectivity index is 1.95. The second-order valence-electron chi connectivity index (χ2n) is 5.57. The summed E-state index contributed by atoms with van der Waals surface area (Å²) < 4.78 is 5.14. The molecule has 1 atom stereocenters. The quantitative estimate of drug-likeness (QED) is 0.542. The molecule has 2 aromatic carbocycles. The molecule has 0 aliphatic rings. The van der Waals surface area contributed by atoms with Crippen molar-refractivity contribution in [1.29, 1.82) is 0 Å². The maximum atomic E-state index is 12.4. The molecule has 136 valence electrons. The van der Waals surface area contributed by atoms with Crippen LogP contribution in [0.4, 0.5) is 0 Å². The maximum absolute atomic E-state index is 12.4. The molecule has 0 aromatic heterocycles. The smallest absolute Gasteiger partial charge is 0.329 e. The standard InChI is InChI=1S/C20H21NO4S/c1-26-13-12-17(21-19(23)16-10-6-3-7-11-16)20(24)25-14-18(22)15-8-4-2-5-9-15/h2-11,17H,12-14H2,1H3,(H,21,23)/t17-/m1/s1. The molecular weight excluding hydrogens is 350 g/mol. The minimum atomic E-state index is -0.793. The van der Waals surface area contributed by atoms with Gasteiger partial charge in [-0.05, 0) is 30.6 Å². The van der Waals surface area contributed by atoms with Gasteiger partial charge in [-0.2, -0.15) is 11.8 Å². The highest BCUT2D eigenvalue weighted by molar-refractivity contribution is 7.98. The number of Topliss-reactive ketones (excluding diaryl/α,β-unsaturated/α-hetero) is 1. The first-order chi connectivity index (χ1) is 12.6. The van der Waals surface area contributed by atoms with Crippen LogP contribution in [0.15, 0.2) is 60.7 Å². The summed E-state index contributed by atoms with van der Waals surface area (Å²) in [6.45, 7) is -0.347. The fraction of sp³-hybridized carbons (Fsp3) is 0.250. The van der Waals surface area contributed by atoms with Crippen molar-refractivity contribution in [2.45, 2.75) is 12.5 Å². The van der Waals surface area contributed by atoms with Gasteiger partial charge in [-0.15, -0.1) is 0 Å². The third-order valence-electron chi connectivity index (χ3n) is 3.68. The van der Waals surface area contributed by atoms with Crippen LogP contribution in [0.2, 0.25) is 0 Å². The molecule has 1 N–H and O–H groups in total. The number of hydrogen-bond acceptors (Lipinski definition) is 5. The van der Waals surface area contributed by atoms with E-state index >= 15 is 0 Å². The molecule has 0 radical (unpaired) electrons. The minimum Gasteiger partial charge on any atom is -0.456 e. The molecule has 0 spiro atoms. The molecule has 0 heterocycles. The fourth-order valence-electron chi connectivity index (χ4n) is 2.26. The van der Waals surface area contributed by atoms with Crippen molar-refractivity contribution < 1.29 is 19.1 Å². The van der Waals surface area contributed by atoms with E-state index in [1.54, 1.807) is 66.4 Å². The van der Waals surface area contributed by atoms with Gasteiger partial charge in [0.25, 0.3) is 5.91 Å². The van der Waals surface area contributed by atoms with Gasteiger partial charge in [-0.25, -0.2) is 4.79 Å². The molecule has 0 fully saturated rings. The summed E-state index contributed by atoms with van der Waals surface area (Å²) >= 11 is 1.57. The zero-order valence-corrected chi connectivity index (χ0v) is 15.3. The number of carbonyl (C=O) groups is 3. The van der Waals surface area contributed by atoms with Crippen LogP contribution in [0.5, 0.6) is 0 Å². The zero-order valence-electron chi connectivity index (χ0n) is 14.5. The number of esters is 1. The van der Waals surface area contributed by atoms with E-state index in [9.17, 15) is 14.4 Å². The summed E-state index contributed by atoms with van der Waals surface area (Å²) in [5.41, 5.74) is 0.948.